The van der Waals surface area contributed by atoms with Crippen LogP contribution in [-0.2, 0) is 13.1 Å². The number of likely N-dealkylation sites (tertiary alicyclic amines) is 1. The molecule has 0 unspecified atom stereocenters. The minimum absolute atomic E-state index is 0.219. The zero-order valence-electron chi connectivity index (χ0n) is 15.7. The normalized spacial score (nSPS) is 15.3. The van der Waals surface area contributed by atoms with Crippen molar-refractivity contribution < 1.29 is 9.53 Å². The molecule has 1 fully saturated rings. The first-order valence-corrected chi connectivity index (χ1v) is 8.87. The molecule has 3 rings (SSSR count). The van der Waals surface area contributed by atoms with Gasteiger partial charge in [-0.2, -0.15) is 0 Å². The van der Waals surface area contributed by atoms with Gasteiger partial charge in [-0.05, 0) is 35.4 Å². The molecule has 0 aromatic heterocycles. The van der Waals surface area contributed by atoms with E-state index < -0.39 is 0 Å². The quantitative estimate of drug-likeness (QED) is 0.771. The van der Waals surface area contributed by atoms with Gasteiger partial charge in [0.05, 0.1) is 20.2 Å². The fraction of sp³-hybridized carbons (Fsp3) is 0.333. The van der Waals surface area contributed by atoms with Gasteiger partial charge in [-0.25, -0.2) is 11.4 Å². The Morgan fingerprint density at radius 2 is 1.78 bits per heavy atom. The predicted molar refractivity (Wildman–Crippen MR) is 106 cm³/mol. The number of nitrogens with one attached hydrogen (secondary N) is 2. The molecule has 1 aliphatic rings. The minimum atomic E-state index is -0.242. The molecule has 0 radical (unpaired) electrons. The van der Waals surface area contributed by atoms with Gasteiger partial charge in [-0.1, -0.05) is 24.3 Å². The highest BCUT2D eigenvalue weighted by atomic mass is 16.5. The molecule has 0 spiro atoms. The van der Waals surface area contributed by atoms with Gasteiger partial charge >= 0.3 is 6.03 Å². The molecule has 6 heteroatoms. The number of benzene rings is 2. The zero-order valence-corrected chi connectivity index (χ0v) is 15.7. The lowest BCUT2D eigenvalue weighted by atomic mass is 9.93. The number of hydrogen-bond acceptors (Lipinski definition) is 3. The smallest absolute Gasteiger partial charge is 0.319 e. The number of carbonyl (C=O) groups excluding carboxylic acids is 1. The monoisotopic (exact) mass is 364 g/mol. The lowest BCUT2D eigenvalue weighted by Gasteiger charge is -2.38. The summed E-state index contributed by atoms with van der Waals surface area (Å²) in [6, 6.07) is 15.1. The van der Waals surface area contributed by atoms with E-state index in [0.717, 1.165) is 36.6 Å². The molecule has 1 heterocycles. The number of ether oxygens (including phenoxy) is 1. The van der Waals surface area contributed by atoms with Crippen molar-refractivity contribution in [2.75, 3.05) is 25.5 Å². The molecule has 0 atom stereocenters. The summed E-state index contributed by atoms with van der Waals surface area (Å²) in [5.41, 5.74) is 2.71. The van der Waals surface area contributed by atoms with Crippen LogP contribution in [0, 0.1) is 6.57 Å². The Hall–Kier alpha value is -3.04. The van der Waals surface area contributed by atoms with E-state index >= 15 is 0 Å². The van der Waals surface area contributed by atoms with Crippen molar-refractivity contribution in [1.29, 1.82) is 0 Å². The summed E-state index contributed by atoms with van der Waals surface area (Å²) in [5.74, 6) is 0.792. The van der Waals surface area contributed by atoms with E-state index in [2.05, 4.69) is 20.4 Å². The Bertz CT molecular complexity index is 819. The Labute approximate surface area is 160 Å². The van der Waals surface area contributed by atoms with Crippen molar-refractivity contribution in [3.8, 4) is 5.75 Å². The van der Waals surface area contributed by atoms with Crippen molar-refractivity contribution in [2.45, 2.75) is 25.6 Å². The summed E-state index contributed by atoms with van der Waals surface area (Å²) in [6.07, 6.45) is 0. The van der Waals surface area contributed by atoms with Crippen LogP contribution in [0.25, 0.3) is 4.85 Å². The van der Waals surface area contributed by atoms with E-state index in [0.29, 0.717) is 6.54 Å². The molecule has 1 saturated heterocycles. The molecular formula is C21H24N4O2. The SMILES string of the molecule is [C-]#[N+]C1(C)CN(Cc2ccc(NC(=O)NCc3ccc(OC)cc3)cc2)C1. The van der Waals surface area contributed by atoms with E-state index in [1.807, 2.05) is 55.5 Å². The maximum Gasteiger partial charge on any atom is 0.319 e. The van der Waals surface area contributed by atoms with E-state index in [1.165, 1.54) is 5.56 Å². The van der Waals surface area contributed by atoms with Crippen LogP contribution in [-0.4, -0.2) is 36.7 Å². The summed E-state index contributed by atoms with van der Waals surface area (Å²) < 4.78 is 5.12. The molecule has 6 nitrogen and oxygen atoms in total. The largest absolute Gasteiger partial charge is 0.497 e. The Morgan fingerprint density at radius 1 is 1.15 bits per heavy atom. The highest BCUT2D eigenvalue weighted by molar-refractivity contribution is 5.89. The van der Waals surface area contributed by atoms with Crippen LogP contribution in [0.4, 0.5) is 10.5 Å². The minimum Gasteiger partial charge on any atom is -0.497 e. The van der Waals surface area contributed by atoms with Crippen LogP contribution in [0.3, 0.4) is 0 Å². The van der Waals surface area contributed by atoms with Crippen LogP contribution in [0.5, 0.6) is 5.75 Å². The average molecular weight is 364 g/mol. The van der Waals surface area contributed by atoms with Crippen molar-refractivity contribution in [1.82, 2.24) is 10.2 Å². The van der Waals surface area contributed by atoms with Crippen molar-refractivity contribution in [3.05, 3.63) is 71.1 Å². The van der Waals surface area contributed by atoms with Gasteiger partial charge in [0, 0.05) is 25.7 Å². The lowest BCUT2D eigenvalue weighted by Crippen LogP contribution is -2.57. The fourth-order valence-corrected chi connectivity index (χ4v) is 3.15. The number of anilines is 1. The molecule has 27 heavy (non-hydrogen) atoms. The summed E-state index contributed by atoms with van der Waals surface area (Å²) in [7, 11) is 1.62. The third kappa shape index (κ3) is 4.99. The van der Waals surface area contributed by atoms with E-state index in [9.17, 15) is 4.79 Å². The van der Waals surface area contributed by atoms with E-state index in [1.54, 1.807) is 7.11 Å². The van der Waals surface area contributed by atoms with Crippen molar-refractivity contribution >= 4 is 11.7 Å². The highest BCUT2D eigenvalue weighted by Crippen LogP contribution is 2.26. The van der Waals surface area contributed by atoms with E-state index in [-0.39, 0.29) is 11.6 Å². The van der Waals surface area contributed by atoms with Crippen molar-refractivity contribution in [2.24, 2.45) is 0 Å². The molecule has 2 aromatic carbocycles. The number of urea groups is 1. The third-order valence-corrected chi connectivity index (χ3v) is 4.63. The molecule has 0 aliphatic carbocycles. The van der Waals surface area contributed by atoms with Crippen LogP contribution < -0.4 is 15.4 Å². The first kappa shape index (κ1) is 18.7. The molecule has 0 bridgehead atoms. The topological polar surface area (TPSA) is 58.0 Å². The maximum atomic E-state index is 12.0. The third-order valence-electron chi connectivity index (χ3n) is 4.63. The molecule has 2 N–H and O–H groups in total. The van der Waals surface area contributed by atoms with Gasteiger partial charge in [0.25, 0.3) is 5.54 Å². The van der Waals surface area contributed by atoms with Crippen LogP contribution >= 0.6 is 0 Å². The fourth-order valence-electron chi connectivity index (χ4n) is 3.15. The molecular weight excluding hydrogens is 340 g/mol. The molecule has 0 saturated carbocycles. The van der Waals surface area contributed by atoms with Gasteiger partial charge in [0.2, 0.25) is 0 Å². The Balaban J connectivity index is 1.43. The average Bonchev–Trinajstić information content (AvgIpc) is 2.67. The van der Waals surface area contributed by atoms with Gasteiger partial charge in [0.1, 0.15) is 5.75 Å². The van der Waals surface area contributed by atoms with Gasteiger partial charge in [0.15, 0.2) is 0 Å². The number of methoxy groups -OCH3 is 1. The first-order chi connectivity index (χ1) is 13.0. The van der Waals surface area contributed by atoms with E-state index in [4.69, 9.17) is 11.3 Å². The van der Waals surface area contributed by atoms with Gasteiger partial charge in [-0.15, -0.1) is 0 Å². The lowest BCUT2D eigenvalue weighted by molar-refractivity contribution is 0.102. The molecule has 140 valence electrons. The second kappa shape index (κ2) is 8.11. The zero-order chi connectivity index (χ0) is 19.3. The van der Waals surface area contributed by atoms with Crippen LogP contribution in [0.15, 0.2) is 48.5 Å². The number of carbonyl (C=O) groups is 1. The molecule has 2 amide bonds. The summed E-state index contributed by atoms with van der Waals surface area (Å²) in [4.78, 5) is 18.0. The standard InChI is InChI=1S/C21H24N4O2/c1-21(22-2)14-25(15-21)13-17-4-8-18(9-5-17)24-20(26)23-12-16-6-10-19(27-3)11-7-16/h4-11H,12-15H2,1,3H3,(H2,23,24,26). The number of nitrogens with zero attached hydrogens (tertiary/aromatic N) is 2. The molecule has 2 aromatic rings. The Kier molecular flexibility index (Phi) is 5.63. The molecule has 1 aliphatic heterocycles. The van der Waals surface area contributed by atoms with Crippen LogP contribution in [0.1, 0.15) is 18.1 Å². The summed E-state index contributed by atoms with van der Waals surface area (Å²) in [6.45, 7) is 12.1. The van der Waals surface area contributed by atoms with Gasteiger partial charge in [-0.3, -0.25) is 4.90 Å². The van der Waals surface area contributed by atoms with Crippen molar-refractivity contribution in [3.63, 3.8) is 0 Å². The number of hydrogen-bond donors (Lipinski definition) is 2. The van der Waals surface area contributed by atoms with Crippen LogP contribution in [0.2, 0.25) is 0 Å². The first-order valence-electron chi connectivity index (χ1n) is 8.87. The summed E-state index contributed by atoms with van der Waals surface area (Å²) >= 11 is 0. The number of amides is 2. The summed E-state index contributed by atoms with van der Waals surface area (Å²) in [5, 5.41) is 5.68. The predicted octanol–water partition coefficient (Wildman–Crippen LogP) is 3.51. The second-order valence-electron chi connectivity index (χ2n) is 7.11. The van der Waals surface area contributed by atoms with Gasteiger partial charge < -0.3 is 20.2 Å². The highest BCUT2D eigenvalue weighted by Gasteiger charge is 2.44. The number of rotatable bonds is 6. The Morgan fingerprint density at radius 3 is 2.37 bits per heavy atom. The second-order valence-corrected chi connectivity index (χ2v) is 7.11. The maximum absolute atomic E-state index is 12.0.